The molecule has 1 rings (SSSR count). The molecule has 1 N–H and O–H groups in total. The van der Waals surface area contributed by atoms with Crippen molar-refractivity contribution >= 4 is 11.1 Å². The maximum atomic E-state index is 10.5. The topological polar surface area (TPSA) is 37.3 Å². The van der Waals surface area contributed by atoms with E-state index in [1.807, 2.05) is 0 Å². The Morgan fingerprint density at radius 3 is 2.12 bits per heavy atom. The van der Waals surface area contributed by atoms with Crippen LogP contribution in [0.1, 0.15) is 77.0 Å². The molecule has 0 aromatic rings. The molecular formula is C14H28O2S. The number of hydrogen-bond acceptors (Lipinski definition) is 1. The Balaban J connectivity index is 1.95. The van der Waals surface area contributed by atoms with Crippen LogP contribution >= 0.6 is 0 Å². The maximum Gasteiger partial charge on any atom is 0.152 e. The van der Waals surface area contributed by atoms with E-state index in [0.717, 1.165) is 18.8 Å². The molecule has 102 valence electrons. The van der Waals surface area contributed by atoms with Crippen molar-refractivity contribution in [2.24, 2.45) is 5.92 Å². The fourth-order valence-corrected chi connectivity index (χ4v) is 3.29. The lowest BCUT2D eigenvalue weighted by atomic mass is 9.87. The van der Waals surface area contributed by atoms with Crippen LogP contribution in [0.15, 0.2) is 0 Å². The van der Waals surface area contributed by atoms with Crippen LogP contribution in [0.25, 0.3) is 0 Å². The molecule has 3 heteroatoms. The molecular weight excluding hydrogens is 232 g/mol. The molecule has 1 aliphatic rings. The lowest BCUT2D eigenvalue weighted by Gasteiger charge is -2.19. The van der Waals surface area contributed by atoms with E-state index in [2.05, 4.69) is 0 Å². The second kappa shape index (κ2) is 10.1. The Bertz CT molecular complexity index is 198. The predicted octanol–water partition coefficient (Wildman–Crippen LogP) is 4.52. The zero-order valence-electron chi connectivity index (χ0n) is 11.0. The van der Waals surface area contributed by atoms with Crippen LogP contribution in [-0.2, 0) is 11.1 Å². The van der Waals surface area contributed by atoms with Gasteiger partial charge in [0.2, 0.25) is 0 Å². The van der Waals surface area contributed by atoms with Crippen LogP contribution in [0.2, 0.25) is 0 Å². The summed E-state index contributed by atoms with van der Waals surface area (Å²) < 4.78 is 19.1. The third kappa shape index (κ3) is 8.78. The van der Waals surface area contributed by atoms with Crippen molar-refractivity contribution < 1.29 is 8.76 Å². The molecule has 1 unspecified atom stereocenters. The van der Waals surface area contributed by atoms with Gasteiger partial charge < -0.3 is 4.55 Å². The predicted molar refractivity (Wildman–Crippen MR) is 74.5 cm³/mol. The monoisotopic (exact) mass is 260 g/mol. The summed E-state index contributed by atoms with van der Waals surface area (Å²) >= 11 is -1.58. The SMILES string of the molecule is O=S(O)CCCCCCC1CCCCCCC1. The average molecular weight is 260 g/mol. The van der Waals surface area contributed by atoms with E-state index in [0.29, 0.717) is 5.75 Å². The highest BCUT2D eigenvalue weighted by Gasteiger charge is 2.10. The van der Waals surface area contributed by atoms with Gasteiger partial charge in [-0.25, -0.2) is 4.21 Å². The van der Waals surface area contributed by atoms with E-state index < -0.39 is 11.1 Å². The van der Waals surface area contributed by atoms with Gasteiger partial charge in [-0.15, -0.1) is 0 Å². The molecule has 1 fully saturated rings. The van der Waals surface area contributed by atoms with E-state index in [9.17, 15) is 4.21 Å². The van der Waals surface area contributed by atoms with E-state index in [1.54, 1.807) is 0 Å². The molecule has 2 nitrogen and oxygen atoms in total. The van der Waals surface area contributed by atoms with Gasteiger partial charge in [-0.1, -0.05) is 70.6 Å². The minimum atomic E-state index is -1.58. The molecule has 0 aliphatic heterocycles. The van der Waals surface area contributed by atoms with E-state index in [4.69, 9.17) is 4.55 Å². The summed E-state index contributed by atoms with van der Waals surface area (Å²) in [6, 6.07) is 0. The first-order chi connectivity index (χ1) is 8.29. The van der Waals surface area contributed by atoms with Gasteiger partial charge in [0, 0.05) is 5.75 Å². The van der Waals surface area contributed by atoms with Gasteiger partial charge in [0.05, 0.1) is 0 Å². The highest BCUT2D eigenvalue weighted by molar-refractivity contribution is 7.79. The van der Waals surface area contributed by atoms with Crippen LogP contribution < -0.4 is 0 Å². The summed E-state index contributed by atoms with van der Waals surface area (Å²) in [6.45, 7) is 0. The van der Waals surface area contributed by atoms with Gasteiger partial charge in [-0.3, -0.25) is 0 Å². The van der Waals surface area contributed by atoms with E-state index in [-0.39, 0.29) is 0 Å². The van der Waals surface area contributed by atoms with Crippen LogP contribution in [0.3, 0.4) is 0 Å². The molecule has 17 heavy (non-hydrogen) atoms. The van der Waals surface area contributed by atoms with Gasteiger partial charge in [-0.05, 0) is 12.3 Å². The van der Waals surface area contributed by atoms with Gasteiger partial charge in [0.25, 0.3) is 0 Å². The Kier molecular flexibility index (Phi) is 8.99. The fraction of sp³-hybridized carbons (Fsp3) is 1.00. The van der Waals surface area contributed by atoms with Crippen molar-refractivity contribution in [3.8, 4) is 0 Å². The smallest absolute Gasteiger partial charge is 0.152 e. The molecule has 0 aromatic heterocycles. The highest BCUT2D eigenvalue weighted by Crippen LogP contribution is 2.26. The molecule has 1 saturated carbocycles. The Morgan fingerprint density at radius 1 is 0.882 bits per heavy atom. The van der Waals surface area contributed by atoms with Crippen molar-refractivity contribution in [2.75, 3.05) is 5.75 Å². The molecule has 0 bridgehead atoms. The highest BCUT2D eigenvalue weighted by atomic mass is 32.2. The second-order valence-electron chi connectivity index (χ2n) is 5.44. The third-order valence-corrected chi connectivity index (χ3v) is 4.54. The lowest BCUT2D eigenvalue weighted by Crippen LogP contribution is -2.03. The first kappa shape index (κ1) is 15.2. The normalized spacial score (nSPS) is 20.8. The van der Waals surface area contributed by atoms with Gasteiger partial charge in [0.1, 0.15) is 0 Å². The van der Waals surface area contributed by atoms with Crippen LogP contribution in [0.4, 0.5) is 0 Å². The fourth-order valence-electron chi connectivity index (χ4n) is 2.84. The summed E-state index contributed by atoms with van der Waals surface area (Å²) in [4.78, 5) is 0. The van der Waals surface area contributed by atoms with E-state index in [1.165, 1.54) is 64.2 Å². The molecule has 0 aromatic carbocycles. The van der Waals surface area contributed by atoms with Crippen LogP contribution in [0, 0.1) is 5.92 Å². The van der Waals surface area contributed by atoms with Crippen LogP contribution in [-0.4, -0.2) is 14.5 Å². The first-order valence-electron chi connectivity index (χ1n) is 7.36. The van der Waals surface area contributed by atoms with Gasteiger partial charge in [0.15, 0.2) is 11.1 Å². The summed E-state index contributed by atoms with van der Waals surface area (Å²) in [5.74, 6) is 1.44. The third-order valence-electron chi connectivity index (χ3n) is 3.91. The Morgan fingerprint density at radius 2 is 1.47 bits per heavy atom. The van der Waals surface area contributed by atoms with Gasteiger partial charge in [-0.2, -0.15) is 0 Å². The largest absolute Gasteiger partial charge is 0.306 e. The Hall–Kier alpha value is 0.110. The molecule has 1 atom stereocenters. The van der Waals surface area contributed by atoms with Crippen molar-refractivity contribution in [1.29, 1.82) is 0 Å². The van der Waals surface area contributed by atoms with Crippen molar-refractivity contribution in [3.05, 3.63) is 0 Å². The zero-order chi connectivity index (χ0) is 12.3. The average Bonchev–Trinajstić information content (AvgIpc) is 2.25. The minimum Gasteiger partial charge on any atom is -0.306 e. The quantitative estimate of drug-likeness (QED) is 0.540. The van der Waals surface area contributed by atoms with Crippen molar-refractivity contribution in [3.63, 3.8) is 0 Å². The van der Waals surface area contributed by atoms with Crippen molar-refractivity contribution in [1.82, 2.24) is 0 Å². The first-order valence-corrected chi connectivity index (χ1v) is 8.64. The zero-order valence-corrected chi connectivity index (χ0v) is 11.8. The van der Waals surface area contributed by atoms with Crippen molar-refractivity contribution in [2.45, 2.75) is 77.0 Å². The minimum absolute atomic E-state index is 0.462. The van der Waals surface area contributed by atoms with Crippen LogP contribution in [0.5, 0.6) is 0 Å². The number of rotatable bonds is 7. The summed E-state index contributed by atoms with van der Waals surface area (Å²) in [5.41, 5.74) is 0. The standard InChI is InChI=1S/C14H28O2S/c15-17(16)13-9-5-4-8-12-14-10-6-2-1-3-7-11-14/h14H,1-13H2,(H,15,16). The lowest BCUT2D eigenvalue weighted by molar-refractivity contribution is 0.347. The summed E-state index contributed by atoms with van der Waals surface area (Å²) in [5, 5.41) is 0. The molecule has 1 aliphatic carbocycles. The number of unbranched alkanes of at least 4 members (excludes halogenated alkanes) is 3. The van der Waals surface area contributed by atoms with Gasteiger partial charge >= 0.3 is 0 Å². The molecule has 0 heterocycles. The molecule has 0 saturated heterocycles. The summed E-state index contributed by atoms with van der Waals surface area (Å²) in [7, 11) is 0. The molecule has 0 spiro atoms. The maximum absolute atomic E-state index is 10.5. The molecule has 0 amide bonds. The van der Waals surface area contributed by atoms with E-state index >= 15 is 0 Å². The number of hydrogen-bond donors (Lipinski definition) is 1. The molecule has 0 radical (unpaired) electrons. The Labute approximate surface area is 109 Å². The second-order valence-corrected chi connectivity index (χ2v) is 6.49. The summed E-state index contributed by atoms with van der Waals surface area (Å²) in [6.07, 6.45) is 16.1.